The van der Waals surface area contributed by atoms with Crippen LogP contribution in [0.2, 0.25) is 0 Å². The van der Waals surface area contributed by atoms with Crippen molar-refractivity contribution in [2.75, 3.05) is 7.05 Å². The number of rotatable bonds is 4. The molecule has 1 aromatic rings. The van der Waals surface area contributed by atoms with Crippen LogP contribution in [-0.2, 0) is 16.6 Å². The van der Waals surface area contributed by atoms with Crippen LogP contribution in [-0.4, -0.2) is 25.8 Å². The van der Waals surface area contributed by atoms with Crippen molar-refractivity contribution < 1.29 is 12.8 Å². The Labute approximate surface area is 119 Å². The number of halogens is 1. The molecular weight excluding hydrogens is 279 g/mol. The molecule has 0 spiro atoms. The molecule has 0 bridgehead atoms. The maximum absolute atomic E-state index is 13.9. The van der Waals surface area contributed by atoms with Crippen LogP contribution >= 0.6 is 0 Å². The van der Waals surface area contributed by atoms with Gasteiger partial charge in [0.15, 0.2) is 0 Å². The lowest BCUT2D eigenvalue weighted by Crippen LogP contribution is -2.38. The van der Waals surface area contributed by atoms with Gasteiger partial charge in [-0.25, -0.2) is 12.8 Å². The van der Waals surface area contributed by atoms with Crippen molar-refractivity contribution in [2.24, 2.45) is 5.73 Å². The van der Waals surface area contributed by atoms with Crippen LogP contribution in [0.4, 0.5) is 4.39 Å². The highest BCUT2D eigenvalue weighted by Gasteiger charge is 2.31. The molecule has 6 heteroatoms. The lowest BCUT2D eigenvalue weighted by molar-refractivity contribution is 0.285. The van der Waals surface area contributed by atoms with E-state index >= 15 is 0 Å². The quantitative estimate of drug-likeness (QED) is 0.927. The molecule has 1 aliphatic rings. The zero-order valence-electron chi connectivity index (χ0n) is 11.7. The fraction of sp³-hybridized carbons (Fsp3) is 0.571. The molecule has 0 aliphatic heterocycles. The van der Waals surface area contributed by atoms with Gasteiger partial charge in [0.05, 0.1) is 0 Å². The highest BCUT2D eigenvalue weighted by atomic mass is 32.2. The molecule has 0 unspecified atom stereocenters. The molecule has 1 fully saturated rings. The normalized spacial score (nSPS) is 17.6. The molecule has 2 rings (SSSR count). The van der Waals surface area contributed by atoms with Gasteiger partial charge in [-0.15, -0.1) is 0 Å². The number of nitrogens with zero attached hydrogens (tertiary/aromatic N) is 1. The van der Waals surface area contributed by atoms with E-state index in [-0.39, 0.29) is 17.5 Å². The van der Waals surface area contributed by atoms with Crippen molar-refractivity contribution in [1.29, 1.82) is 0 Å². The Kier molecular flexibility index (Phi) is 4.78. The topological polar surface area (TPSA) is 63.4 Å². The molecule has 2 N–H and O–H groups in total. The predicted octanol–water partition coefficient (Wildman–Crippen LogP) is 2.24. The highest BCUT2D eigenvalue weighted by molar-refractivity contribution is 7.89. The molecule has 112 valence electrons. The van der Waals surface area contributed by atoms with Crippen LogP contribution in [0, 0.1) is 5.82 Å². The predicted molar refractivity (Wildman–Crippen MR) is 76.1 cm³/mol. The number of benzene rings is 1. The summed E-state index contributed by atoms with van der Waals surface area (Å²) in [4.78, 5) is -0.270. The van der Waals surface area contributed by atoms with E-state index in [9.17, 15) is 12.8 Å². The monoisotopic (exact) mass is 300 g/mol. The van der Waals surface area contributed by atoms with Crippen LogP contribution in [0.5, 0.6) is 0 Å². The van der Waals surface area contributed by atoms with Gasteiger partial charge in [0.1, 0.15) is 10.7 Å². The molecule has 0 amide bonds. The molecule has 0 aromatic heterocycles. The summed E-state index contributed by atoms with van der Waals surface area (Å²) < 4.78 is 40.3. The van der Waals surface area contributed by atoms with Gasteiger partial charge in [0.2, 0.25) is 10.0 Å². The Morgan fingerprint density at radius 3 is 2.55 bits per heavy atom. The highest BCUT2D eigenvalue weighted by Crippen LogP contribution is 2.27. The summed E-state index contributed by atoms with van der Waals surface area (Å²) in [6, 6.07) is 3.98. The lowest BCUT2D eigenvalue weighted by atomic mass is 9.96. The molecule has 0 atom stereocenters. The van der Waals surface area contributed by atoms with Crippen molar-refractivity contribution in [1.82, 2.24) is 4.31 Å². The van der Waals surface area contributed by atoms with E-state index in [4.69, 9.17) is 5.73 Å². The smallest absolute Gasteiger partial charge is 0.245 e. The van der Waals surface area contributed by atoms with E-state index in [2.05, 4.69) is 0 Å². The number of hydrogen-bond acceptors (Lipinski definition) is 3. The Bertz CT molecular complexity index is 569. The first-order valence-corrected chi connectivity index (χ1v) is 8.37. The third kappa shape index (κ3) is 3.02. The first kappa shape index (κ1) is 15.4. The zero-order valence-corrected chi connectivity index (χ0v) is 12.5. The Morgan fingerprint density at radius 1 is 1.30 bits per heavy atom. The van der Waals surface area contributed by atoms with Gasteiger partial charge >= 0.3 is 0 Å². The fourth-order valence-corrected chi connectivity index (χ4v) is 4.20. The fourth-order valence-electron chi connectivity index (χ4n) is 2.67. The molecule has 1 aliphatic carbocycles. The van der Waals surface area contributed by atoms with Gasteiger partial charge in [-0.2, -0.15) is 4.31 Å². The number of sulfonamides is 1. The summed E-state index contributed by atoms with van der Waals surface area (Å²) >= 11 is 0. The van der Waals surface area contributed by atoms with Crippen LogP contribution in [0.1, 0.15) is 37.7 Å². The van der Waals surface area contributed by atoms with E-state index in [0.717, 1.165) is 32.1 Å². The molecule has 1 saturated carbocycles. The Hall–Kier alpha value is -0.980. The summed E-state index contributed by atoms with van der Waals surface area (Å²) in [5.74, 6) is -0.718. The van der Waals surface area contributed by atoms with Crippen molar-refractivity contribution in [3.05, 3.63) is 29.6 Å². The van der Waals surface area contributed by atoms with E-state index in [1.54, 1.807) is 7.05 Å². The van der Waals surface area contributed by atoms with Crippen molar-refractivity contribution in [2.45, 2.75) is 49.6 Å². The number of hydrogen-bond donors (Lipinski definition) is 1. The SMILES string of the molecule is CN(C1CCCCC1)S(=O)(=O)c1cc(CN)ccc1F. The van der Waals surface area contributed by atoms with Crippen molar-refractivity contribution >= 4 is 10.0 Å². The van der Waals surface area contributed by atoms with Gasteiger partial charge < -0.3 is 5.73 Å². The Balaban J connectivity index is 2.33. The van der Waals surface area contributed by atoms with E-state index < -0.39 is 15.8 Å². The first-order chi connectivity index (χ1) is 9.46. The van der Waals surface area contributed by atoms with Gasteiger partial charge in [0, 0.05) is 19.6 Å². The summed E-state index contributed by atoms with van der Waals surface area (Å²) in [5.41, 5.74) is 6.11. The molecule has 4 nitrogen and oxygen atoms in total. The average Bonchev–Trinajstić information content (AvgIpc) is 2.47. The molecule has 0 saturated heterocycles. The zero-order chi connectivity index (χ0) is 14.8. The van der Waals surface area contributed by atoms with E-state index in [1.807, 2.05) is 0 Å². The molecule has 0 heterocycles. The van der Waals surface area contributed by atoms with Crippen molar-refractivity contribution in [3.8, 4) is 0 Å². The minimum Gasteiger partial charge on any atom is -0.326 e. The van der Waals surface area contributed by atoms with Crippen LogP contribution in [0.25, 0.3) is 0 Å². The first-order valence-electron chi connectivity index (χ1n) is 6.93. The van der Waals surface area contributed by atoms with Crippen LogP contribution in [0.3, 0.4) is 0 Å². The molecule has 20 heavy (non-hydrogen) atoms. The van der Waals surface area contributed by atoms with Crippen molar-refractivity contribution in [3.63, 3.8) is 0 Å². The van der Waals surface area contributed by atoms with Gasteiger partial charge in [0.25, 0.3) is 0 Å². The lowest BCUT2D eigenvalue weighted by Gasteiger charge is -2.30. The summed E-state index contributed by atoms with van der Waals surface area (Å²) in [6.45, 7) is 0.190. The largest absolute Gasteiger partial charge is 0.326 e. The summed E-state index contributed by atoms with van der Waals surface area (Å²) in [6.07, 6.45) is 4.87. The third-order valence-electron chi connectivity index (χ3n) is 3.98. The summed E-state index contributed by atoms with van der Waals surface area (Å²) in [5, 5.41) is 0. The average molecular weight is 300 g/mol. The van der Waals surface area contributed by atoms with Gasteiger partial charge in [-0.3, -0.25) is 0 Å². The summed E-state index contributed by atoms with van der Waals surface area (Å²) in [7, 11) is -2.26. The van der Waals surface area contributed by atoms with E-state index in [1.165, 1.54) is 22.5 Å². The molecular formula is C14H21FN2O2S. The minimum atomic E-state index is -3.80. The second kappa shape index (κ2) is 6.20. The van der Waals surface area contributed by atoms with Gasteiger partial charge in [-0.1, -0.05) is 25.3 Å². The third-order valence-corrected chi connectivity index (χ3v) is 5.90. The maximum Gasteiger partial charge on any atom is 0.245 e. The molecule has 0 radical (unpaired) electrons. The minimum absolute atomic E-state index is 0.0327. The number of nitrogens with two attached hydrogens (primary N) is 1. The standard InChI is InChI=1S/C14H21FN2O2S/c1-17(12-5-3-2-4-6-12)20(18,19)14-9-11(10-16)7-8-13(14)15/h7-9,12H,2-6,10,16H2,1H3. The van der Waals surface area contributed by atoms with Crippen LogP contribution in [0.15, 0.2) is 23.1 Å². The second-order valence-corrected chi connectivity index (χ2v) is 7.25. The van der Waals surface area contributed by atoms with E-state index in [0.29, 0.717) is 5.56 Å². The maximum atomic E-state index is 13.9. The van der Waals surface area contributed by atoms with Crippen LogP contribution < -0.4 is 5.73 Å². The molecule has 1 aromatic carbocycles. The Morgan fingerprint density at radius 2 is 1.95 bits per heavy atom. The van der Waals surface area contributed by atoms with Gasteiger partial charge in [-0.05, 0) is 30.5 Å². The second-order valence-electron chi connectivity index (χ2n) is 5.28.